The molecule has 3 aromatic rings. The zero-order valence-electron chi connectivity index (χ0n) is 16.8. The van der Waals surface area contributed by atoms with Crippen molar-refractivity contribution in [2.75, 3.05) is 20.2 Å². The van der Waals surface area contributed by atoms with Gasteiger partial charge in [0, 0.05) is 31.5 Å². The van der Waals surface area contributed by atoms with Crippen LogP contribution in [0.3, 0.4) is 0 Å². The van der Waals surface area contributed by atoms with E-state index in [1.807, 2.05) is 30.3 Å². The molecule has 1 amide bonds. The van der Waals surface area contributed by atoms with Gasteiger partial charge in [-0.05, 0) is 47.0 Å². The summed E-state index contributed by atoms with van der Waals surface area (Å²) in [6.45, 7) is 1.16. The van der Waals surface area contributed by atoms with Crippen LogP contribution in [0, 0.1) is 0 Å². The Hall–Kier alpha value is -2.94. The molecule has 8 nitrogen and oxygen atoms in total. The van der Waals surface area contributed by atoms with Crippen LogP contribution in [-0.4, -0.2) is 56.9 Å². The van der Waals surface area contributed by atoms with Gasteiger partial charge in [0.15, 0.2) is 0 Å². The molecule has 2 aromatic heterocycles. The van der Waals surface area contributed by atoms with E-state index in [-0.39, 0.29) is 12.0 Å². The van der Waals surface area contributed by atoms with Gasteiger partial charge in [0.25, 0.3) is 5.91 Å². The van der Waals surface area contributed by atoms with Crippen LogP contribution in [0.2, 0.25) is 0 Å². The van der Waals surface area contributed by atoms with Gasteiger partial charge in [0.1, 0.15) is 17.5 Å². The lowest BCUT2D eigenvalue weighted by Crippen LogP contribution is -2.45. The Bertz CT molecular complexity index is 1040. The van der Waals surface area contributed by atoms with E-state index >= 15 is 0 Å². The molecule has 1 atom stereocenters. The predicted octanol–water partition coefficient (Wildman–Crippen LogP) is 3.33. The van der Waals surface area contributed by atoms with Crippen molar-refractivity contribution < 1.29 is 14.3 Å². The molecule has 0 aliphatic carbocycles. The molecule has 1 aromatic carbocycles. The van der Waals surface area contributed by atoms with E-state index in [1.54, 1.807) is 36.1 Å². The summed E-state index contributed by atoms with van der Waals surface area (Å²) in [5, 5.41) is 4.53. The van der Waals surface area contributed by atoms with Crippen LogP contribution in [0.25, 0.3) is 11.3 Å². The lowest BCUT2D eigenvalue weighted by atomic mass is 10.1. The van der Waals surface area contributed by atoms with Crippen LogP contribution in [-0.2, 0) is 7.05 Å². The van der Waals surface area contributed by atoms with Crippen molar-refractivity contribution in [1.82, 2.24) is 24.6 Å². The standard InChI is InChI=1S/C21H22BrN5O3/c1-26-19(10-18(25-26)14-5-3-6-16(9-14)29-2)20(28)27-8-4-7-17(13-27)30-21-23-11-15(22)12-24-21/h3,5-6,9-12,17H,4,7-8,13H2,1-2H3. The zero-order chi connectivity index (χ0) is 21.1. The predicted molar refractivity (Wildman–Crippen MR) is 114 cm³/mol. The lowest BCUT2D eigenvalue weighted by Gasteiger charge is -2.32. The number of rotatable bonds is 5. The molecule has 0 saturated carbocycles. The summed E-state index contributed by atoms with van der Waals surface area (Å²) in [6, 6.07) is 9.77. The van der Waals surface area contributed by atoms with Gasteiger partial charge >= 0.3 is 6.01 Å². The maximum atomic E-state index is 13.2. The fourth-order valence-electron chi connectivity index (χ4n) is 3.48. The summed E-state index contributed by atoms with van der Waals surface area (Å²) in [4.78, 5) is 23.3. The first kappa shape index (κ1) is 20.3. The Labute approximate surface area is 183 Å². The lowest BCUT2D eigenvalue weighted by molar-refractivity contribution is 0.0506. The molecule has 0 bridgehead atoms. The number of halogens is 1. The molecule has 0 radical (unpaired) electrons. The minimum atomic E-state index is -0.144. The molecule has 30 heavy (non-hydrogen) atoms. The van der Waals surface area contributed by atoms with Crippen molar-refractivity contribution in [3.8, 4) is 23.0 Å². The van der Waals surface area contributed by atoms with Crippen molar-refractivity contribution in [2.24, 2.45) is 7.05 Å². The van der Waals surface area contributed by atoms with Crippen LogP contribution < -0.4 is 9.47 Å². The summed E-state index contributed by atoms with van der Waals surface area (Å²) < 4.78 is 13.6. The van der Waals surface area contributed by atoms with Gasteiger partial charge < -0.3 is 14.4 Å². The molecular formula is C21H22BrN5O3. The molecule has 1 saturated heterocycles. The van der Waals surface area contributed by atoms with E-state index in [4.69, 9.17) is 9.47 Å². The van der Waals surface area contributed by atoms with Gasteiger partial charge in [-0.2, -0.15) is 5.10 Å². The number of ether oxygens (including phenoxy) is 2. The SMILES string of the molecule is COc1cccc(-c2cc(C(=O)N3CCCC(Oc4ncc(Br)cn4)C3)n(C)n2)c1. The first-order valence-electron chi connectivity index (χ1n) is 9.65. The van der Waals surface area contributed by atoms with E-state index in [2.05, 4.69) is 31.0 Å². The van der Waals surface area contributed by atoms with Gasteiger partial charge in [0.2, 0.25) is 0 Å². The first-order valence-corrected chi connectivity index (χ1v) is 10.4. The van der Waals surface area contributed by atoms with E-state index in [1.165, 1.54) is 0 Å². The molecule has 9 heteroatoms. The van der Waals surface area contributed by atoms with E-state index < -0.39 is 0 Å². The van der Waals surface area contributed by atoms with Crippen LogP contribution in [0.1, 0.15) is 23.3 Å². The highest BCUT2D eigenvalue weighted by atomic mass is 79.9. The van der Waals surface area contributed by atoms with Crippen molar-refractivity contribution in [2.45, 2.75) is 18.9 Å². The molecule has 0 N–H and O–H groups in total. The average molecular weight is 472 g/mol. The highest BCUT2D eigenvalue weighted by Gasteiger charge is 2.28. The molecule has 1 unspecified atom stereocenters. The van der Waals surface area contributed by atoms with Crippen molar-refractivity contribution in [1.29, 1.82) is 0 Å². The summed E-state index contributed by atoms with van der Waals surface area (Å²) >= 11 is 3.31. The average Bonchev–Trinajstić information content (AvgIpc) is 3.17. The number of likely N-dealkylation sites (tertiary alicyclic amines) is 1. The van der Waals surface area contributed by atoms with Crippen LogP contribution >= 0.6 is 15.9 Å². The Morgan fingerprint density at radius 2 is 2.03 bits per heavy atom. The van der Waals surface area contributed by atoms with Gasteiger partial charge in [-0.15, -0.1) is 0 Å². The minimum absolute atomic E-state index is 0.0656. The summed E-state index contributed by atoms with van der Waals surface area (Å²) in [5.74, 6) is 0.682. The smallest absolute Gasteiger partial charge is 0.316 e. The molecule has 4 rings (SSSR count). The molecule has 3 heterocycles. The number of aryl methyl sites for hydroxylation is 1. The van der Waals surface area contributed by atoms with E-state index in [9.17, 15) is 4.79 Å². The van der Waals surface area contributed by atoms with Gasteiger partial charge in [-0.3, -0.25) is 9.48 Å². The van der Waals surface area contributed by atoms with E-state index in [0.717, 1.165) is 34.3 Å². The molecule has 1 aliphatic heterocycles. The van der Waals surface area contributed by atoms with Gasteiger partial charge in [0.05, 0.1) is 23.8 Å². The Balaban J connectivity index is 1.48. The maximum Gasteiger partial charge on any atom is 0.316 e. The number of amides is 1. The third-order valence-electron chi connectivity index (χ3n) is 5.00. The molecule has 156 valence electrons. The number of carbonyl (C=O) groups is 1. The van der Waals surface area contributed by atoms with Crippen LogP contribution in [0.15, 0.2) is 47.2 Å². The number of methoxy groups -OCH3 is 1. The Morgan fingerprint density at radius 1 is 1.23 bits per heavy atom. The van der Waals surface area contributed by atoms with Gasteiger partial charge in [-0.25, -0.2) is 9.97 Å². The zero-order valence-corrected chi connectivity index (χ0v) is 18.4. The second kappa shape index (κ2) is 8.83. The molecule has 1 aliphatic rings. The fourth-order valence-corrected chi connectivity index (χ4v) is 3.69. The minimum Gasteiger partial charge on any atom is -0.497 e. The number of piperidine rings is 1. The van der Waals surface area contributed by atoms with Crippen molar-refractivity contribution in [3.05, 3.63) is 52.9 Å². The maximum absolute atomic E-state index is 13.2. The summed E-state index contributed by atoms with van der Waals surface area (Å²) in [7, 11) is 3.41. The summed E-state index contributed by atoms with van der Waals surface area (Å²) in [6.07, 6.45) is 4.85. The largest absolute Gasteiger partial charge is 0.497 e. The molecule has 0 spiro atoms. The van der Waals surface area contributed by atoms with Crippen LogP contribution in [0.4, 0.5) is 0 Å². The fraction of sp³-hybridized carbons (Fsp3) is 0.333. The number of aromatic nitrogens is 4. The normalized spacial score (nSPS) is 16.4. The number of nitrogens with zero attached hydrogens (tertiary/aromatic N) is 5. The van der Waals surface area contributed by atoms with E-state index in [0.29, 0.717) is 24.8 Å². The van der Waals surface area contributed by atoms with Crippen LogP contribution in [0.5, 0.6) is 11.8 Å². The third kappa shape index (κ3) is 4.46. The summed E-state index contributed by atoms with van der Waals surface area (Å²) in [5.41, 5.74) is 2.16. The number of hydrogen-bond donors (Lipinski definition) is 0. The quantitative estimate of drug-likeness (QED) is 0.567. The highest BCUT2D eigenvalue weighted by Crippen LogP contribution is 2.25. The third-order valence-corrected chi connectivity index (χ3v) is 5.41. The van der Waals surface area contributed by atoms with Crippen molar-refractivity contribution >= 4 is 21.8 Å². The van der Waals surface area contributed by atoms with Gasteiger partial charge in [-0.1, -0.05) is 12.1 Å². The molecule has 1 fully saturated rings. The Kier molecular flexibility index (Phi) is 5.98. The monoisotopic (exact) mass is 471 g/mol. The number of benzene rings is 1. The first-order chi connectivity index (χ1) is 14.5. The Morgan fingerprint density at radius 3 is 2.80 bits per heavy atom. The second-order valence-corrected chi connectivity index (χ2v) is 8.00. The molecular weight excluding hydrogens is 450 g/mol. The number of hydrogen-bond acceptors (Lipinski definition) is 6. The topological polar surface area (TPSA) is 82.4 Å². The second-order valence-electron chi connectivity index (χ2n) is 7.09. The van der Waals surface area contributed by atoms with Crippen molar-refractivity contribution in [3.63, 3.8) is 0 Å². The highest BCUT2D eigenvalue weighted by molar-refractivity contribution is 9.10. The number of carbonyl (C=O) groups excluding carboxylic acids is 1.